The molecule has 0 amide bonds. The molecule has 20 heavy (non-hydrogen) atoms. The van der Waals surface area contributed by atoms with Crippen LogP contribution in [-0.2, 0) is 9.53 Å². The number of hydrogen-bond acceptors (Lipinski definition) is 6. The minimum atomic E-state index is -0.996. The van der Waals surface area contributed by atoms with E-state index >= 15 is 0 Å². The van der Waals surface area contributed by atoms with Crippen LogP contribution in [0.4, 0.5) is 5.69 Å². The summed E-state index contributed by atoms with van der Waals surface area (Å²) < 4.78 is 4.57. The Morgan fingerprint density at radius 2 is 2.25 bits per heavy atom. The molecule has 2 N–H and O–H groups in total. The highest BCUT2D eigenvalue weighted by molar-refractivity contribution is 7.10. The first-order valence-corrected chi connectivity index (χ1v) is 6.57. The average Bonchev–Trinajstić information content (AvgIpc) is 2.97. The molecule has 2 heterocycles. The van der Waals surface area contributed by atoms with Crippen LogP contribution in [0.5, 0.6) is 0 Å². The normalized spacial score (nSPS) is 11.7. The van der Waals surface area contributed by atoms with E-state index in [0.717, 1.165) is 0 Å². The quantitative estimate of drug-likeness (QED) is 0.821. The van der Waals surface area contributed by atoms with Gasteiger partial charge in [-0.3, -0.25) is 0 Å². The standard InChI is InChI=1S/C13H12N2O4S/c1-19-13(18)9-7-8(4-5-14-9)15-11(12(16)17)10-3-2-6-20-10/h2-7,11H,1H3,(H,14,15)(H,16,17). The van der Waals surface area contributed by atoms with Gasteiger partial charge in [-0.1, -0.05) is 6.07 Å². The van der Waals surface area contributed by atoms with E-state index in [0.29, 0.717) is 10.6 Å². The van der Waals surface area contributed by atoms with E-state index < -0.39 is 18.0 Å². The Morgan fingerprint density at radius 3 is 2.85 bits per heavy atom. The number of hydrogen-bond donors (Lipinski definition) is 2. The molecular weight excluding hydrogens is 280 g/mol. The summed E-state index contributed by atoms with van der Waals surface area (Å²) in [6.45, 7) is 0. The van der Waals surface area contributed by atoms with Gasteiger partial charge in [-0.05, 0) is 23.6 Å². The van der Waals surface area contributed by atoms with Crippen molar-refractivity contribution in [1.82, 2.24) is 4.98 Å². The lowest BCUT2D eigenvalue weighted by molar-refractivity contribution is -0.138. The summed E-state index contributed by atoms with van der Waals surface area (Å²) in [6.07, 6.45) is 1.42. The maximum absolute atomic E-state index is 11.4. The molecule has 6 nitrogen and oxygen atoms in total. The van der Waals surface area contributed by atoms with Gasteiger partial charge in [-0.15, -0.1) is 11.3 Å². The van der Waals surface area contributed by atoms with Crippen molar-refractivity contribution in [2.45, 2.75) is 6.04 Å². The summed E-state index contributed by atoms with van der Waals surface area (Å²) in [4.78, 5) is 27.2. The average molecular weight is 292 g/mol. The highest BCUT2D eigenvalue weighted by Gasteiger charge is 2.21. The van der Waals surface area contributed by atoms with Gasteiger partial charge in [0, 0.05) is 16.8 Å². The summed E-state index contributed by atoms with van der Waals surface area (Å²) in [5.74, 6) is -1.57. The number of carbonyl (C=O) groups is 2. The molecule has 1 atom stereocenters. The number of carbonyl (C=O) groups excluding carboxylic acids is 1. The molecule has 0 aromatic carbocycles. The molecule has 104 valence electrons. The smallest absolute Gasteiger partial charge is 0.356 e. The molecule has 0 radical (unpaired) electrons. The van der Waals surface area contributed by atoms with Crippen molar-refractivity contribution >= 4 is 29.0 Å². The number of nitrogens with zero attached hydrogens (tertiary/aromatic N) is 1. The lowest BCUT2D eigenvalue weighted by Crippen LogP contribution is -2.19. The zero-order valence-electron chi connectivity index (χ0n) is 10.6. The largest absolute Gasteiger partial charge is 0.479 e. The van der Waals surface area contributed by atoms with Crippen LogP contribution < -0.4 is 5.32 Å². The first-order valence-electron chi connectivity index (χ1n) is 5.69. The molecule has 0 aliphatic heterocycles. The molecule has 0 saturated carbocycles. The molecule has 2 aromatic heterocycles. The van der Waals surface area contributed by atoms with Crippen LogP contribution in [0.2, 0.25) is 0 Å². The lowest BCUT2D eigenvalue weighted by atomic mass is 10.2. The Morgan fingerprint density at radius 1 is 1.45 bits per heavy atom. The third-order valence-corrected chi connectivity index (χ3v) is 3.48. The summed E-state index contributed by atoms with van der Waals surface area (Å²) >= 11 is 1.34. The molecule has 2 rings (SSSR count). The van der Waals surface area contributed by atoms with Gasteiger partial charge in [0.2, 0.25) is 0 Å². The number of rotatable bonds is 5. The number of aromatic nitrogens is 1. The second-order valence-corrected chi connectivity index (χ2v) is 4.83. The lowest BCUT2D eigenvalue weighted by Gasteiger charge is -2.14. The van der Waals surface area contributed by atoms with Crippen LogP contribution >= 0.6 is 11.3 Å². The SMILES string of the molecule is COC(=O)c1cc(NC(C(=O)O)c2cccs2)ccn1. The van der Waals surface area contributed by atoms with Crippen molar-refractivity contribution in [1.29, 1.82) is 0 Å². The van der Waals surface area contributed by atoms with Crippen LogP contribution in [0.1, 0.15) is 21.4 Å². The fraction of sp³-hybridized carbons (Fsp3) is 0.154. The maximum atomic E-state index is 11.4. The van der Waals surface area contributed by atoms with E-state index in [2.05, 4.69) is 15.0 Å². The number of carboxylic acid groups (broad SMARTS) is 1. The van der Waals surface area contributed by atoms with Gasteiger partial charge >= 0.3 is 11.9 Å². The van der Waals surface area contributed by atoms with Crippen LogP contribution in [0.15, 0.2) is 35.8 Å². The zero-order chi connectivity index (χ0) is 14.5. The number of thiophene rings is 1. The van der Waals surface area contributed by atoms with Gasteiger partial charge in [0.25, 0.3) is 0 Å². The monoisotopic (exact) mass is 292 g/mol. The van der Waals surface area contributed by atoms with Crippen molar-refractivity contribution in [3.8, 4) is 0 Å². The van der Waals surface area contributed by atoms with Gasteiger partial charge in [0.1, 0.15) is 5.69 Å². The van der Waals surface area contributed by atoms with E-state index in [-0.39, 0.29) is 5.69 Å². The van der Waals surface area contributed by atoms with Crippen LogP contribution in [0, 0.1) is 0 Å². The second kappa shape index (κ2) is 6.16. The molecule has 0 aliphatic carbocycles. The van der Waals surface area contributed by atoms with Gasteiger partial charge in [-0.2, -0.15) is 0 Å². The number of esters is 1. The number of nitrogens with one attached hydrogen (secondary N) is 1. The second-order valence-electron chi connectivity index (χ2n) is 3.85. The van der Waals surface area contributed by atoms with E-state index in [1.165, 1.54) is 30.7 Å². The predicted molar refractivity (Wildman–Crippen MR) is 73.9 cm³/mol. The summed E-state index contributed by atoms with van der Waals surface area (Å²) in [5, 5.41) is 13.9. The Bertz CT molecular complexity index is 613. The summed E-state index contributed by atoms with van der Waals surface area (Å²) in [5.41, 5.74) is 0.606. The van der Waals surface area contributed by atoms with Crippen molar-refractivity contribution in [2.75, 3.05) is 12.4 Å². The fourth-order valence-electron chi connectivity index (χ4n) is 1.61. The van der Waals surface area contributed by atoms with E-state index in [9.17, 15) is 14.7 Å². The van der Waals surface area contributed by atoms with Gasteiger partial charge in [0.05, 0.1) is 7.11 Å². The third-order valence-electron chi connectivity index (χ3n) is 2.54. The van der Waals surface area contributed by atoms with Crippen molar-refractivity contribution in [2.24, 2.45) is 0 Å². The fourth-order valence-corrected chi connectivity index (χ4v) is 2.38. The molecule has 0 aliphatic rings. The number of anilines is 1. The maximum Gasteiger partial charge on any atom is 0.356 e. The molecule has 0 spiro atoms. The van der Waals surface area contributed by atoms with E-state index in [4.69, 9.17) is 0 Å². The van der Waals surface area contributed by atoms with Gasteiger partial charge in [0.15, 0.2) is 6.04 Å². The number of ether oxygens (including phenoxy) is 1. The van der Waals surface area contributed by atoms with Crippen molar-refractivity contribution in [3.63, 3.8) is 0 Å². The first-order chi connectivity index (χ1) is 9.61. The Kier molecular flexibility index (Phi) is 4.31. The van der Waals surface area contributed by atoms with Gasteiger partial charge in [-0.25, -0.2) is 14.6 Å². The van der Waals surface area contributed by atoms with Crippen LogP contribution in [0.25, 0.3) is 0 Å². The van der Waals surface area contributed by atoms with Gasteiger partial charge < -0.3 is 15.2 Å². The first kappa shape index (κ1) is 14.0. The zero-order valence-corrected chi connectivity index (χ0v) is 11.4. The minimum Gasteiger partial charge on any atom is -0.479 e. The topological polar surface area (TPSA) is 88.5 Å². The Labute approximate surface area is 119 Å². The molecule has 0 bridgehead atoms. The Balaban J connectivity index is 2.23. The molecule has 2 aromatic rings. The van der Waals surface area contributed by atoms with E-state index in [1.807, 2.05) is 0 Å². The molecule has 0 fully saturated rings. The van der Waals surface area contributed by atoms with Crippen LogP contribution in [0.3, 0.4) is 0 Å². The highest BCUT2D eigenvalue weighted by Crippen LogP contribution is 2.24. The summed E-state index contributed by atoms with van der Waals surface area (Å²) in [7, 11) is 1.26. The molecular formula is C13H12N2O4S. The number of methoxy groups -OCH3 is 1. The van der Waals surface area contributed by atoms with Crippen molar-refractivity contribution < 1.29 is 19.4 Å². The van der Waals surface area contributed by atoms with Crippen LogP contribution in [-0.4, -0.2) is 29.1 Å². The highest BCUT2D eigenvalue weighted by atomic mass is 32.1. The van der Waals surface area contributed by atoms with Crippen molar-refractivity contribution in [3.05, 3.63) is 46.4 Å². The molecule has 0 saturated heterocycles. The summed E-state index contributed by atoms with van der Waals surface area (Å²) in [6, 6.07) is 5.69. The van der Waals surface area contributed by atoms with E-state index in [1.54, 1.807) is 23.6 Å². The predicted octanol–water partition coefficient (Wildman–Crippen LogP) is 2.17. The molecule has 7 heteroatoms. The number of aliphatic carboxylic acids is 1. The number of carboxylic acids is 1. The Hall–Kier alpha value is -2.41. The number of pyridine rings is 1. The minimum absolute atomic E-state index is 0.118. The molecule has 1 unspecified atom stereocenters. The third kappa shape index (κ3) is 3.12.